The van der Waals surface area contributed by atoms with E-state index in [1.54, 1.807) is 0 Å². The van der Waals surface area contributed by atoms with Gasteiger partial charge in [-0.15, -0.1) is 0 Å². The highest BCUT2D eigenvalue weighted by molar-refractivity contribution is 5.61. The van der Waals surface area contributed by atoms with E-state index in [9.17, 15) is 0 Å². The molecule has 1 unspecified atom stereocenters. The van der Waals surface area contributed by atoms with Crippen molar-refractivity contribution in [3.05, 3.63) is 59.7 Å². The Bertz CT molecular complexity index is 561. The van der Waals surface area contributed by atoms with Crippen LogP contribution in [0, 0.1) is 6.92 Å². The van der Waals surface area contributed by atoms with Crippen molar-refractivity contribution in [1.82, 2.24) is 0 Å². The average molecular weight is 282 g/mol. The Morgan fingerprint density at radius 2 is 1.76 bits per heavy atom. The Morgan fingerprint density at radius 1 is 1.05 bits per heavy atom. The van der Waals surface area contributed by atoms with Gasteiger partial charge in [0.1, 0.15) is 0 Å². The molecule has 2 aromatic carbocycles. The molecule has 0 aliphatic carbocycles. The number of aryl methyl sites for hydroxylation is 1. The number of nitrogens with one attached hydrogen (secondary N) is 1. The van der Waals surface area contributed by atoms with Crippen molar-refractivity contribution in [2.45, 2.75) is 26.2 Å². The van der Waals surface area contributed by atoms with Gasteiger partial charge in [0.05, 0.1) is 0 Å². The molecule has 0 saturated heterocycles. The molecule has 2 heteroatoms. The van der Waals surface area contributed by atoms with Crippen molar-refractivity contribution < 1.29 is 0 Å². The molecule has 0 bridgehead atoms. The first-order valence-electron chi connectivity index (χ1n) is 7.64. The highest BCUT2D eigenvalue weighted by Gasteiger charge is 2.05. The van der Waals surface area contributed by atoms with Crippen molar-refractivity contribution in [1.29, 1.82) is 0 Å². The minimum atomic E-state index is 0.581. The number of benzene rings is 2. The van der Waals surface area contributed by atoms with Gasteiger partial charge in [0.25, 0.3) is 0 Å². The molecule has 1 N–H and O–H groups in total. The highest BCUT2D eigenvalue weighted by Crippen LogP contribution is 2.23. The van der Waals surface area contributed by atoms with E-state index < -0.39 is 0 Å². The van der Waals surface area contributed by atoms with Crippen molar-refractivity contribution in [2.75, 3.05) is 30.9 Å². The minimum absolute atomic E-state index is 0.581. The standard InChI is InChI=1S/C19H26N2/c1-15(17-8-6-5-7-9-17)12-13-20-18-11-10-16(2)19(14-18)21(3)4/h5-11,14-15,20H,12-13H2,1-4H3. The molecule has 2 rings (SSSR count). The first-order chi connectivity index (χ1) is 10.1. The quantitative estimate of drug-likeness (QED) is 0.828. The lowest BCUT2D eigenvalue weighted by atomic mass is 9.98. The topological polar surface area (TPSA) is 15.3 Å². The van der Waals surface area contributed by atoms with Crippen molar-refractivity contribution >= 4 is 11.4 Å². The first-order valence-corrected chi connectivity index (χ1v) is 7.64. The maximum Gasteiger partial charge on any atom is 0.0411 e. The second-order valence-electron chi connectivity index (χ2n) is 5.92. The fourth-order valence-electron chi connectivity index (χ4n) is 2.58. The predicted molar refractivity (Wildman–Crippen MR) is 93.5 cm³/mol. The average Bonchev–Trinajstić information content (AvgIpc) is 2.49. The van der Waals surface area contributed by atoms with Crippen LogP contribution in [0.4, 0.5) is 11.4 Å². The van der Waals surface area contributed by atoms with Crippen molar-refractivity contribution in [3.63, 3.8) is 0 Å². The summed E-state index contributed by atoms with van der Waals surface area (Å²) in [5, 5.41) is 3.54. The second-order valence-corrected chi connectivity index (χ2v) is 5.92. The van der Waals surface area contributed by atoms with Gasteiger partial charge in [-0.25, -0.2) is 0 Å². The molecule has 0 amide bonds. The molecule has 0 aliphatic rings. The van der Waals surface area contributed by atoms with Gasteiger partial charge >= 0.3 is 0 Å². The molecule has 0 spiro atoms. The van der Waals surface area contributed by atoms with Gasteiger partial charge in [-0.2, -0.15) is 0 Å². The Morgan fingerprint density at radius 3 is 2.43 bits per heavy atom. The van der Waals surface area contributed by atoms with Gasteiger partial charge in [0, 0.05) is 32.0 Å². The van der Waals surface area contributed by atoms with Gasteiger partial charge in [-0.1, -0.05) is 43.3 Å². The summed E-state index contributed by atoms with van der Waals surface area (Å²) >= 11 is 0. The summed E-state index contributed by atoms with van der Waals surface area (Å²) in [4.78, 5) is 2.16. The van der Waals surface area contributed by atoms with E-state index in [-0.39, 0.29) is 0 Å². The lowest BCUT2D eigenvalue weighted by molar-refractivity contribution is 0.706. The fraction of sp³-hybridized carbons (Fsp3) is 0.368. The van der Waals surface area contributed by atoms with Crippen LogP contribution < -0.4 is 10.2 Å². The molecule has 2 nitrogen and oxygen atoms in total. The summed E-state index contributed by atoms with van der Waals surface area (Å²) in [6.45, 7) is 5.43. The van der Waals surface area contributed by atoms with Gasteiger partial charge < -0.3 is 10.2 Å². The van der Waals surface area contributed by atoms with E-state index >= 15 is 0 Å². The van der Waals surface area contributed by atoms with Crippen LogP contribution in [0.3, 0.4) is 0 Å². The Kier molecular flexibility index (Phi) is 5.26. The van der Waals surface area contributed by atoms with Crippen LogP contribution in [0.1, 0.15) is 30.4 Å². The molecule has 0 aromatic heterocycles. The third-order valence-corrected chi connectivity index (χ3v) is 3.97. The van der Waals surface area contributed by atoms with E-state index in [1.807, 2.05) is 0 Å². The largest absolute Gasteiger partial charge is 0.385 e. The summed E-state index contributed by atoms with van der Waals surface area (Å²) in [5.41, 5.74) is 5.20. The highest BCUT2D eigenvalue weighted by atomic mass is 15.1. The molecule has 0 saturated carbocycles. The Hall–Kier alpha value is -1.96. The van der Waals surface area contributed by atoms with Gasteiger partial charge in [-0.05, 0) is 42.5 Å². The van der Waals surface area contributed by atoms with Gasteiger partial charge in [-0.3, -0.25) is 0 Å². The summed E-state index contributed by atoms with van der Waals surface area (Å²) in [5.74, 6) is 0.581. The van der Waals surface area contributed by atoms with E-state index in [4.69, 9.17) is 0 Å². The third-order valence-electron chi connectivity index (χ3n) is 3.97. The lowest BCUT2D eigenvalue weighted by Crippen LogP contribution is -2.11. The number of hydrogen-bond acceptors (Lipinski definition) is 2. The zero-order chi connectivity index (χ0) is 15.2. The summed E-state index contributed by atoms with van der Waals surface area (Å²) in [6, 6.07) is 17.3. The summed E-state index contributed by atoms with van der Waals surface area (Å²) in [6.07, 6.45) is 1.13. The van der Waals surface area contributed by atoms with Crippen LogP contribution in [-0.2, 0) is 0 Å². The van der Waals surface area contributed by atoms with Crippen LogP contribution in [0.2, 0.25) is 0 Å². The van der Waals surface area contributed by atoms with Crippen LogP contribution >= 0.6 is 0 Å². The lowest BCUT2D eigenvalue weighted by Gasteiger charge is -2.18. The monoisotopic (exact) mass is 282 g/mol. The zero-order valence-electron chi connectivity index (χ0n) is 13.6. The number of nitrogens with zero attached hydrogens (tertiary/aromatic N) is 1. The smallest absolute Gasteiger partial charge is 0.0411 e. The van der Waals surface area contributed by atoms with Crippen LogP contribution in [0.5, 0.6) is 0 Å². The SMILES string of the molecule is Cc1ccc(NCCC(C)c2ccccc2)cc1N(C)C. The molecular weight excluding hydrogens is 256 g/mol. The number of hydrogen-bond donors (Lipinski definition) is 1. The summed E-state index contributed by atoms with van der Waals surface area (Å²) < 4.78 is 0. The molecule has 0 radical (unpaired) electrons. The number of anilines is 2. The van der Waals surface area contributed by atoms with E-state index in [1.165, 1.54) is 22.5 Å². The normalized spacial score (nSPS) is 12.0. The first kappa shape index (κ1) is 15.4. The Labute approximate surface area is 128 Å². The molecular formula is C19H26N2. The van der Waals surface area contributed by atoms with Gasteiger partial charge in [0.15, 0.2) is 0 Å². The van der Waals surface area contributed by atoms with E-state index in [2.05, 4.69) is 86.7 Å². The maximum absolute atomic E-state index is 3.54. The second kappa shape index (κ2) is 7.16. The fourth-order valence-corrected chi connectivity index (χ4v) is 2.58. The maximum atomic E-state index is 3.54. The predicted octanol–water partition coefficient (Wildman–Crippen LogP) is 4.67. The van der Waals surface area contributed by atoms with Crippen molar-refractivity contribution in [3.8, 4) is 0 Å². The van der Waals surface area contributed by atoms with Crippen LogP contribution in [-0.4, -0.2) is 20.6 Å². The summed E-state index contributed by atoms with van der Waals surface area (Å²) in [7, 11) is 4.17. The molecule has 0 heterocycles. The van der Waals surface area contributed by atoms with E-state index in [0.29, 0.717) is 5.92 Å². The molecule has 2 aromatic rings. The molecule has 0 fully saturated rings. The van der Waals surface area contributed by atoms with Crippen LogP contribution in [0.25, 0.3) is 0 Å². The molecule has 21 heavy (non-hydrogen) atoms. The molecule has 0 aliphatic heterocycles. The van der Waals surface area contributed by atoms with Crippen LogP contribution in [0.15, 0.2) is 48.5 Å². The van der Waals surface area contributed by atoms with Crippen molar-refractivity contribution in [2.24, 2.45) is 0 Å². The van der Waals surface area contributed by atoms with E-state index in [0.717, 1.165) is 13.0 Å². The zero-order valence-corrected chi connectivity index (χ0v) is 13.6. The minimum Gasteiger partial charge on any atom is -0.385 e. The molecule has 112 valence electrons. The van der Waals surface area contributed by atoms with Gasteiger partial charge in [0.2, 0.25) is 0 Å². The molecule has 1 atom stereocenters. The third kappa shape index (κ3) is 4.25. The Balaban J connectivity index is 1.90. The number of rotatable bonds is 6.